The molecule has 1 aliphatic rings. The van der Waals surface area contributed by atoms with Gasteiger partial charge in [-0.2, -0.15) is 5.26 Å². The van der Waals surface area contributed by atoms with Crippen molar-refractivity contribution in [2.45, 2.75) is 13.0 Å². The predicted molar refractivity (Wildman–Crippen MR) is 33.1 cm³/mol. The predicted octanol–water partition coefficient (Wildman–Crippen LogP) is 0.351. The van der Waals surface area contributed by atoms with Crippen molar-refractivity contribution in [2.24, 2.45) is 0 Å². The van der Waals surface area contributed by atoms with Gasteiger partial charge >= 0.3 is 6.09 Å². The van der Waals surface area contributed by atoms with E-state index in [-0.39, 0.29) is 18.7 Å². The molecule has 4 nitrogen and oxygen atoms in total. The molecule has 54 valence electrons. The zero-order chi connectivity index (χ0) is 7.56. The molecule has 4 heteroatoms. The fraction of sp³-hybridized carbons (Fsp3) is 0.667. The summed E-state index contributed by atoms with van der Waals surface area (Å²) < 4.78 is 4.67. The molecular formula is C6H8N2O2. The maximum absolute atomic E-state index is 10.7. The molecule has 0 N–H and O–H groups in total. The second-order valence-electron chi connectivity index (χ2n) is 2.21. The second kappa shape index (κ2) is 2.56. The van der Waals surface area contributed by atoms with Crippen molar-refractivity contribution in [1.82, 2.24) is 4.90 Å². The van der Waals surface area contributed by atoms with E-state index in [1.807, 2.05) is 13.0 Å². The van der Waals surface area contributed by atoms with Gasteiger partial charge in [-0.15, -0.1) is 0 Å². The SMILES string of the molecule is CC1COC(=O)N1CC#N. The van der Waals surface area contributed by atoms with E-state index in [2.05, 4.69) is 4.74 Å². The van der Waals surface area contributed by atoms with Crippen molar-refractivity contribution < 1.29 is 9.53 Å². The number of cyclic esters (lactones) is 1. The molecule has 0 saturated carbocycles. The van der Waals surface area contributed by atoms with Gasteiger partial charge < -0.3 is 4.74 Å². The molecule has 1 unspecified atom stereocenters. The maximum atomic E-state index is 10.7. The van der Waals surface area contributed by atoms with Crippen molar-refractivity contribution in [2.75, 3.05) is 13.2 Å². The van der Waals surface area contributed by atoms with E-state index in [0.717, 1.165) is 0 Å². The maximum Gasteiger partial charge on any atom is 0.411 e. The Hall–Kier alpha value is -1.24. The first-order chi connectivity index (χ1) is 4.75. The highest BCUT2D eigenvalue weighted by Crippen LogP contribution is 2.09. The van der Waals surface area contributed by atoms with E-state index in [9.17, 15) is 4.79 Å². The molecule has 0 bridgehead atoms. The van der Waals surface area contributed by atoms with E-state index in [1.165, 1.54) is 4.90 Å². The molecular weight excluding hydrogens is 132 g/mol. The Morgan fingerprint density at radius 2 is 2.70 bits per heavy atom. The van der Waals surface area contributed by atoms with Gasteiger partial charge in [0.2, 0.25) is 0 Å². The summed E-state index contributed by atoms with van der Waals surface area (Å²) in [4.78, 5) is 12.1. The smallest absolute Gasteiger partial charge is 0.411 e. The Bertz CT molecular complexity index is 185. The average Bonchev–Trinajstić information content (AvgIpc) is 2.20. The summed E-state index contributed by atoms with van der Waals surface area (Å²) in [6.07, 6.45) is -0.381. The minimum atomic E-state index is -0.381. The van der Waals surface area contributed by atoms with E-state index in [4.69, 9.17) is 5.26 Å². The first kappa shape index (κ1) is 6.87. The van der Waals surface area contributed by atoms with Crippen LogP contribution in [0.5, 0.6) is 0 Å². The van der Waals surface area contributed by atoms with Gasteiger partial charge in [0.1, 0.15) is 13.2 Å². The lowest BCUT2D eigenvalue weighted by Gasteiger charge is -2.12. The van der Waals surface area contributed by atoms with E-state index in [1.54, 1.807) is 0 Å². The third-order valence-corrected chi connectivity index (χ3v) is 1.46. The average molecular weight is 140 g/mol. The molecule has 0 aliphatic carbocycles. The Kier molecular flexibility index (Phi) is 1.76. The van der Waals surface area contributed by atoms with Crippen LogP contribution in [0.2, 0.25) is 0 Å². The standard InChI is InChI=1S/C6H8N2O2/c1-5-4-10-6(9)8(5)3-2-7/h5H,3-4H2,1H3. The van der Waals surface area contributed by atoms with Crippen LogP contribution < -0.4 is 0 Å². The molecule has 1 atom stereocenters. The molecule has 1 amide bonds. The highest BCUT2D eigenvalue weighted by atomic mass is 16.6. The molecule has 0 aromatic rings. The van der Waals surface area contributed by atoms with E-state index >= 15 is 0 Å². The Balaban J connectivity index is 2.56. The Labute approximate surface area is 59.0 Å². The van der Waals surface area contributed by atoms with Gasteiger partial charge in [0.25, 0.3) is 0 Å². The first-order valence-electron chi connectivity index (χ1n) is 3.06. The van der Waals surface area contributed by atoms with Crippen molar-refractivity contribution in [3.05, 3.63) is 0 Å². The number of hydrogen-bond donors (Lipinski definition) is 0. The normalized spacial score (nSPS) is 24.2. The fourth-order valence-electron chi connectivity index (χ4n) is 0.841. The zero-order valence-electron chi connectivity index (χ0n) is 5.70. The van der Waals surface area contributed by atoms with Crippen molar-refractivity contribution in [1.29, 1.82) is 5.26 Å². The summed E-state index contributed by atoms with van der Waals surface area (Å²) in [6.45, 7) is 2.38. The summed E-state index contributed by atoms with van der Waals surface area (Å²) in [5.41, 5.74) is 0. The molecule has 1 aliphatic heterocycles. The number of nitrogens with zero attached hydrogens (tertiary/aromatic N) is 2. The Morgan fingerprint density at radius 1 is 2.00 bits per heavy atom. The van der Waals surface area contributed by atoms with Gasteiger partial charge in [0.15, 0.2) is 0 Å². The van der Waals surface area contributed by atoms with Crippen LogP contribution in [0.3, 0.4) is 0 Å². The minimum Gasteiger partial charge on any atom is -0.447 e. The van der Waals surface area contributed by atoms with Crippen LogP contribution in [0.1, 0.15) is 6.92 Å². The second-order valence-corrected chi connectivity index (χ2v) is 2.21. The van der Waals surface area contributed by atoms with Crippen molar-refractivity contribution in [3.8, 4) is 6.07 Å². The fourth-order valence-corrected chi connectivity index (χ4v) is 0.841. The highest BCUT2D eigenvalue weighted by Gasteiger charge is 2.28. The molecule has 0 aromatic carbocycles. The molecule has 1 heterocycles. The zero-order valence-corrected chi connectivity index (χ0v) is 5.70. The number of hydrogen-bond acceptors (Lipinski definition) is 3. The molecule has 1 fully saturated rings. The van der Waals surface area contributed by atoms with Crippen LogP contribution in [0, 0.1) is 11.3 Å². The first-order valence-corrected chi connectivity index (χ1v) is 3.06. The number of carbonyl (C=O) groups is 1. The minimum absolute atomic E-state index is 0.0483. The number of ether oxygens (including phenoxy) is 1. The summed E-state index contributed by atoms with van der Waals surface area (Å²) in [5.74, 6) is 0. The lowest BCUT2D eigenvalue weighted by atomic mass is 10.3. The van der Waals surface area contributed by atoms with Crippen LogP contribution in [-0.4, -0.2) is 30.2 Å². The molecule has 10 heavy (non-hydrogen) atoms. The highest BCUT2D eigenvalue weighted by molar-refractivity contribution is 5.70. The van der Waals surface area contributed by atoms with Crippen LogP contribution in [0.15, 0.2) is 0 Å². The lowest BCUT2D eigenvalue weighted by Crippen LogP contribution is -2.31. The third kappa shape index (κ3) is 1.03. The van der Waals surface area contributed by atoms with Crippen LogP contribution in [0.25, 0.3) is 0 Å². The monoisotopic (exact) mass is 140 g/mol. The molecule has 0 aromatic heterocycles. The summed E-state index contributed by atoms with van der Waals surface area (Å²) in [5, 5.41) is 8.26. The molecule has 0 spiro atoms. The molecule has 1 rings (SSSR count). The molecule has 1 saturated heterocycles. The quantitative estimate of drug-likeness (QED) is 0.494. The summed E-state index contributed by atoms with van der Waals surface area (Å²) >= 11 is 0. The summed E-state index contributed by atoms with van der Waals surface area (Å²) in [7, 11) is 0. The van der Waals surface area contributed by atoms with Crippen LogP contribution >= 0.6 is 0 Å². The largest absolute Gasteiger partial charge is 0.447 e. The van der Waals surface area contributed by atoms with Gasteiger partial charge in [0.05, 0.1) is 12.1 Å². The van der Waals surface area contributed by atoms with Gasteiger partial charge in [-0.3, -0.25) is 4.90 Å². The topological polar surface area (TPSA) is 53.3 Å². The van der Waals surface area contributed by atoms with Crippen LogP contribution in [0.4, 0.5) is 4.79 Å². The Morgan fingerprint density at radius 3 is 3.10 bits per heavy atom. The summed E-state index contributed by atoms with van der Waals surface area (Å²) in [6, 6.07) is 1.94. The third-order valence-electron chi connectivity index (χ3n) is 1.46. The van der Waals surface area contributed by atoms with Crippen molar-refractivity contribution >= 4 is 6.09 Å². The van der Waals surface area contributed by atoms with Crippen molar-refractivity contribution in [3.63, 3.8) is 0 Å². The molecule has 0 radical (unpaired) electrons. The number of amides is 1. The van der Waals surface area contributed by atoms with Gasteiger partial charge in [-0.05, 0) is 6.92 Å². The van der Waals surface area contributed by atoms with Crippen LogP contribution in [-0.2, 0) is 4.74 Å². The van der Waals surface area contributed by atoms with Gasteiger partial charge in [-0.1, -0.05) is 0 Å². The van der Waals surface area contributed by atoms with Gasteiger partial charge in [0, 0.05) is 0 Å². The number of rotatable bonds is 1. The number of carbonyl (C=O) groups excluding carboxylic acids is 1. The van der Waals surface area contributed by atoms with Gasteiger partial charge in [-0.25, -0.2) is 4.79 Å². The van der Waals surface area contributed by atoms with E-state index in [0.29, 0.717) is 6.61 Å². The lowest BCUT2D eigenvalue weighted by molar-refractivity contribution is 0.161. The number of nitriles is 1. The van der Waals surface area contributed by atoms with E-state index < -0.39 is 0 Å².